The molecule has 2 aromatic rings. The first-order valence-corrected chi connectivity index (χ1v) is 26.5. The number of hydrogen-bond acceptors (Lipinski definition) is 12. The number of carbonyl (C=O) groups is 9. The van der Waals surface area contributed by atoms with Crippen molar-refractivity contribution >= 4 is 76.8 Å². The van der Waals surface area contributed by atoms with Crippen LogP contribution in [-0.2, 0) is 49.6 Å². The second-order valence-electron chi connectivity index (χ2n) is 21.0. The first kappa shape index (κ1) is 64.4. The average Bonchev–Trinajstić information content (AvgIpc) is 3.74. The Morgan fingerprint density at radius 1 is 0.541 bits per heavy atom. The summed E-state index contributed by atoms with van der Waals surface area (Å²) in [6.07, 6.45) is 3.15. The molecular weight excluding hydrogens is 973 g/mol. The minimum atomic E-state index is -1.62. The van der Waals surface area contributed by atoms with Crippen LogP contribution in [0, 0.1) is 35.5 Å². The highest BCUT2D eigenvalue weighted by Crippen LogP contribution is 2.20. The molecule has 1 aromatic heterocycles. The Morgan fingerprint density at radius 3 is 1.39 bits per heavy atom. The molecule has 11 atom stereocenters. The number of benzene rings is 1. The second kappa shape index (κ2) is 31.2. The fourth-order valence-corrected chi connectivity index (χ4v) is 8.42. The molecule has 2 rings (SSSR count). The summed E-state index contributed by atoms with van der Waals surface area (Å²) >= 11 is 4.24. The van der Waals surface area contributed by atoms with Crippen molar-refractivity contribution in [3.05, 3.63) is 36.0 Å². The van der Waals surface area contributed by atoms with Gasteiger partial charge in [0.2, 0.25) is 47.3 Å². The third-order valence-electron chi connectivity index (χ3n) is 12.9. The van der Waals surface area contributed by atoms with Crippen molar-refractivity contribution in [1.82, 2.24) is 47.5 Å². The zero-order valence-electron chi connectivity index (χ0n) is 45.3. The van der Waals surface area contributed by atoms with Gasteiger partial charge < -0.3 is 63.5 Å². The Bertz CT molecular complexity index is 2200. The molecule has 21 nitrogen and oxygen atoms in total. The number of aromatic amines is 1. The van der Waals surface area contributed by atoms with Crippen molar-refractivity contribution in [2.45, 2.75) is 176 Å². The Labute approximate surface area is 441 Å². The third kappa shape index (κ3) is 20.2. The van der Waals surface area contributed by atoms with E-state index in [-0.39, 0.29) is 42.8 Å². The summed E-state index contributed by atoms with van der Waals surface area (Å²) < 4.78 is 0. The fourth-order valence-electron chi connectivity index (χ4n) is 8.17. The predicted octanol–water partition coefficient (Wildman–Crippen LogP) is 1.81. The third-order valence-corrected chi connectivity index (χ3v) is 13.3. The Hall–Kier alpha value is -5.74. The van der Waals surface area contributed by atoms with Gasteiger partial charge in [-0.15, -0.1) is 0 Å². The lowest BCUT2D eigenvalue weighted by molar-refractivity contribution is -0.142. The molecule has 416 valence electrons. The van der Waals surface area contributed by atoms with Gasteiger partial charge in [-0.2, -0.15) is 12.6 Å². The maximum Gasteiger partial charge on any atom is 0.326 e. The number of nitrogens with two attached hydrogens (primary N) is 1. The van der Waals surface area contributed by atoms with E-state index in [1.165, 1.54) is 0 Å². The van der Waals surface area contributed by atoms with Gasteiger partial charge in [-0.25, -0.2) is 4.79 Å². The van der Waals surface area contributed by atoms with E-state index in [2.05, 4.69) is 60.1 Å². The van der Waals surface area contributed by atoms with E-state index in [0.29, 0.717) is 24.8 Å². The van der Waals surface area contributed by atoms with Crippen LogP contribution < -0.4 is 48.3 Å². The number of fused-ring (bicyclic) bond motifs is 1. The van der Waals surface area contributed by atoms with Crippen LogP contribution in [0.15, 0.2) is 30.5 Å². The number of H-pyrrole nitrogens is 1. The maximum absolute atomic E-state index is 14.2. The lowest BCUT2D eigenvalue weighted by Crippen LogP contribution is -2.62. The van der Waals surface area contributed by atoms with Crippen LogP contribution in [0.25, 0.3) is 10.9 Å². The first-order chi connectivity index (χ1) is 34.7. The number of carboxylic acid groups (broad SMARTS) is 1. The van der Waals surface area contributed by atoms with Crippen LogP contribution >= 0.6 is 12.6 Å². The highest BCUT2D eigenvalue weighted by Gasteiger charge is 2.37. The van der Waals surface area contributed by atoms with E-state index in [9.17, 15) is 53.4 Å². The van der Waals surface area contributed by atoms with Crippen molar-refractivity contribution < 1.29 is 53.4 Å². The molecule has 0 saturated carbocycles. The van der Waals surface area contributed by atoms with E-state index in [4.69, 9.17) is 5.73 Å². The van der Waals surface area contributed by atoms with Gasteiger partial charge in [0.25, 0.3) is 0 Å². The van der Waals surface area contributed by atoms with Gasteiger partial charge in [-0.1, -0.05) is 114 Å². The number of aliphatic hydroxyl groups is 1. The minimum absolute atomic E-state index is 0.00687. The Kier molecular flexibility index (Phi) is 27.2. The number of carbonyl (C=O) groups excluding carboxylic acids is 8. The lowest BCUT2D eigenvalue weighted by atomic mass is 9.95. The highest BCUT2D eigenvalue weighted by molar-refractivity contribution is 7.80. The normalized spacial score (nSPS) is 16.1. The summed E-state index contributed by atoms with van der Waals surface area (Å²) in [6, 6.07) is -3.76. The van der Waals surface area contributed by atoms with Crippen molar-refractivity contribution in [2.75, 3.05) is 12.4 Å². The standard InChI is InChI=1S/C52H86N10O11S/c1-13-30(11)42(61-46(66)37(21-28(7)8)56-49(69)41(29(9)10)60-45(65)36(20-27(5)6)55-44(64)34(53)19-26(3)4)50(70)58-39(24-63)47(67)62-43(31(12)14-2)51(71)59-40(25-74)48(68)57-38(52(72)73)22-32-23-54-35-18-16-15-17-33(32)35/h15-18,23,26-31,34,36-43,54,63,74H,13-14,19-22,24-25,53H2,1-12H3,(H,55,64)(H,56,69)(H,57,68)(H,58,70)(H,59,71)(H,60,65)(H,61,66)(H,62,67)(H,72,73)/t30-,31-,34-,36-,37-,38-,39-,40-,41-,42-,43-/m0/s1. The molecule has 0 aliphatic rings. The van der Waals surface area contributed by atoms with E-state index >= 15 is 0 Å². The molecule has 74 heavy (non-hydrogen) atoms. The molecule has 13 N–H and O–H groups in total. The van der Waals surface area contributed by atoms with Crippen LogP contribution in [0.4, 0.5) is 0 Å². The molecule has 0 unspecified atom stereocenters. The van der Waals surface area contributed by atoms with Gasteiger partial charge in [0.05, 0.1) is 12.6 Å². The average molecular weight is 1060 g/mol. The molecule has 0 bridgehead atoms. The molecule has 0 saturated heterocycles. The smallest absolute Gasteiger partial charge is 0.326 e. The second-order valence-corrected chi connectivity index (χ2v) is 21.4. The zero-order chi connectivity index (χ0) is 56.1. The summed E-state index contributed by atoms with van der Waals surface area (Å²) in [7, 11) is 0. The summed E-state index contributed by atoms with van der Waals surface area (Å²) in [5.41, 5.74) is 7.55. The SMILES string of the molecule is CC[C@H](C)[C@H](NC(=O)[C@H](CO)NC(=O)[C@@H](NC(=O)[C@H](CC(C)C)NC(=O)[C@@H](NC(=O)[C@H](CC(C)C)NC(=O)[C@@H](N)CC(C)C)C(C)C)[C@@H](C)CC)C(=O)N[C@@H](CS)C(=O)N[C@@H](Cc1c[nH]c2ccccc12)C(=O)O. The van der Waals surface area contributed by atoms with Gasteiger partial charge in [-0.3, -0.25) is 38.4 Å². The van der Waals surface area contributed by atoms with Crippen molar-refractivity contribution in [3.63, 3.8) is 0 Å². The van der Waals surface area contributed by atoms with E-state index in [1.54, 1.807) is 53.8 Å². The molecule has 0 fully saturated rings. The predicted molar refractivity (Wildman–Crippen MR) is 286 cm³/mol. The van der Waals surface area contributed by atoms with Crippen LogP contribution in [0.1, 0.15) is 121 Å². The van der Waals surface area contributed by atoms with Gasteiger partial charge in [0.15, 0.2) is 0 Å². The fraction of sp³-hybridized carbons (Fsp3) is 0.673. The van der Waals surface area contributed by atoms with Crippen molar-refractivity contribution in [3.8, 4) is 0 Å². The summed E-state index contributed by atoms with van der Waals surface area (Å²) in [5.74, 6) is -8.99. The number of amides is 8. The molecule has 0 aliphatic carbocycles. The molecule has 0 spiro atoms. The van der Waals surface area contributed by atoms with E-state index < -0.39 is 132 Å². The lowest BCUT2D eigenvalue weighted by Gasteiger charge is -2.31. The number of carboxylic acids is 1. The molecular formula is C52H86N10O11S. The summed E-state index contributed by atoms with van der Waals surface area (Å²) in [6.45, 7) is 20.7. The number of rotatable bonds is 32. The topological polar surface area (TPSA) is 332 Å². The summed E-state index contributed by atoms with van der Waals surface area (Å²) in [4.78, 5) is 125. The molecule has 0 radical (unpaired) electrons. The van der Waals surface area contributed by atoms with Crippen LogP contribution in [0.2, 0.25) is 0 Å². The van der Waals surface area contributed by atoms with Gasteiger partial charge in [0, 0.05) is 29.3 Å². The van der Waals surface area contributed by atoms with Crippen molar-refractivity contribution in [1.29, 1.82) is 0 Å². The number of hydrogen-bond donors (Lipinski definition) is 13. The van der Waals surface area contributed by atoms with Crippen LogP contribution in [-0.4, -0.2) is 135 Å². The first-order valence-electron chi connectivity index (χ1n) is 25.9. The van der Waals surface area contributed by atoms with Crippen LogP contribution in [0.3, 0.4) is 0 Å². The maximum atomic E-state index is 14.2. The molecule has 22 heteroatoms. The number of aromatic nitrogens is 1. The van der Waals surface area contributed by atoms with Gasteiger partial charge >= 0.3 is 5.97 Å². The van der Waals surface area contributed by atoms with Gasteiger partial charge in [-0.05, 0) is 66.4 Å². The molecule has 8 amide bonds. The Morgan fingerprint density at radius 2 is 0.946 bits per heavy atom. The molecule has 0 aliphatic heterocycles. The largest absolute Gasteiger partial charge is 0.480 e. The minimum Gasteiger partial charge on any atom is -0.480 e. The Balaban J connectivity index is 2.26. The summed E-state index contributed by atoms with van der Waals surface area (Å²) in [5, 5.41) is 42.4. The highest BCUT2D eigenvalue weighted by atomic mass is 32.1. The number of thiol groups is 1. The van der Waals surface area contributed by atoms with Gasteiger partial charge in [0.1, 0.15) is 48.3 Å². The number of para-hydroxylation sites is 1. The zero-order valence-corrected chi connectivity index (χ0v) is 46.2. The van der Waals surface area contributed by atoms with E-state index in [0.717, 1.165) is 10.9 Å². The number of nitrogens with one attached hydrogen (secondary N) is 9. The van der Waals surface area contributed by atoms with Crippen LogP contribution in [0.5, 0.6) is 0 Å². The monoisotopic (exact) mass is 1060 g/mol. The molecule has 1 aromatic carbocycles. The molecule has 1 heterocycles. The quantitative estimate of drug-likeness (QED) is 0.0467. The number of aliphatic carboxylic acids is 1. The van der Waals surface area contributed by atoms with E-state index in [1.807, 2.05) is 59.7 Å². The number of aliphatic hydroxyl groups excluding tert-OH is 1. The van der Waals surface area contributed by atoms with Crippen molar-refractivity contribution in [2.24, 2.45) is 41.2 Å².